The molecule has 0 radical (unpaired) electrons. The summed E-state index contributed by atoms with van der Waals surface area (Å²) in [6.07, 6.45) is 0.812. The molecule has 1 fully saturated rings. The lowest BCUT2D eigenvalue weighted by Crippen LogP contribution is -2.42. The van der Waals surface area contributed by atoms with E-state index in [0.29, 0.717) is 42.9 Å². The van der Waals surface area contributed by atoms with Crippen molar-refractivity contribution < 1.29 is 19.4 Å². The van der Waals surface area contributed by atoms with Gasteiger partial charge in [-0.25, -0.2) is 4.79 Å². The first kappa shape index (κ1) is 17.6. The minimum Gasteiger partial charge on any atom is -0.489 e. The largest absolute Gasteiger partial charge is 0.489 e. The van der Waals surface area contributed by atoms with E-state index < -0.39 is 11.9 Å². The van der Waals surface area contributed by atoms with Gasteiger partial charge in [0.1, 0.15) is 5.75 Å². The highest BCUT2D eigenvalue weighted by Crippen LogP contribution is 2.27. The number of carbonyl (C=O) groups excluding carboxylic acids is 1. The molecule has 2 amide bonds. The molecule has 2 rings (SSSR count). The molecule has 24 heavy (non-hydrogen) atoms. The van der Waals surface area contributed by atoms with E-state index in [-0.39, 0.29) is 12.1 Å². The number of carboxylic acids is 1. The summed E-state index contributed by atoms with van der Waals surface area (Å²) in [4.78, 5) is 25.0. The minimum atomic E-state index is -0.815. The van der Waals surface area contributed by atoms with Crippen molar-refractivity contribution in [1.82, 2.24) is 4.90 Å². The number of anilines is 1. The molecule has 128 valence electrons. The molecule has 0 aromatic heterocycles. The zero-order valence-electron chi connectivity index (χ0n) is 13.8. The van der Waals surface area contributed by atoms with Gasteiger partial charge in [-0.3, -0.25) is 4.79 Å². The Bertz CT molecular complexity index is 658. The third-order valence-corrected chi connectivity index (χ3v) is 3.84. The normalized spacial score (nSPS) is 15.0. The number of ether oxygens (including phenoxy) is 1. The first-order chi connectivity index (χ1) is 11.4. The summed E-state index contributed by atoms with van der Waals surface area (Å²) in [6, 6.07) is 6.57. The molecule has 1 aliphatic rings. The highest BCUT2D eigenvalue weighted by molar-refractivity contribution is 5.91. The van der Waals surface area contributed by atoms with Crippen LogP contribution in [0, 0.1) is 17.2 Å². The van der Waals surface area contributed by atoms with Gasteiger partial charge in [-0.15, -0.1) is 0 Å². The second kappa shape index (κ2) is 7.68. The number of piperidine rings is 1. The molecule has 0 spiro atoms. The standard InChI is InChI=1S/C17H21N3O4/c1-11(2)24-15-4-3-12(10-18)9-14(15)19-17(23)20-7-5-13(6-8-20)16(21)22/h3-4,9,11,13H,5-8H2,1-2H3,(H,19,23)(H,21,22). The van der Waals surface area contributed by atoms with Crippen molar-refractivity contribution in [3.8, 4) is 11.8 Å². The highest BCUT2D eigenvalue weighted by atomic mass is 16.5. The number of nitrogens with zero attached hydrogens (tertiary/aromatic N) is 2. The summed E-state index contributed by atoms with van der Waals surface area (Å²) >= 11 is 0. The van der Waals surface area contributed by atoms with Gasteiger partial charge in [0, 0.05) is 13.1 Å². The van der Waals surface area contributed by atoms with E-state index in [0.717, 1.165) is 0 Å². The van der Waals surface area contributed by atoms with Crippen LogP contribution in [0.4, 0.5) is 10.5 Å². The van der Waals surface area contributed by atoms with Crippen LogP contribution in [0.2, 0.25) is 0 Å². The first-order valence-corrected chi connectivity index (χ1v) is 7.90. The first-order valence-electron chi connectivity index (χ1n) is 7.90. The SMILES string of the molecule is CC(C)Oc1ccc(C#N)cc1NC(=O)N1CCC(C(=O)O)CC1. The molecule has 0 unspecified atom stereocenters. The minimum absolute atomic E-state index is 0.0695. The number of carboxylic acid groups (broad SMARTS) is 1. The fourth-order valence-corrected chi connectivity index (χ4v) is 2.58. The average Bonchev–Trinajstić information content (AvgIpc) is 2.56. The Hall–Kier alpha value is -2.75. The number of hydrogen-bond donors (Lipinski definition) is 2. The van der Waals surface area contributed by atoms with Crippen molar-refractivity contribution in [3.05, 3.63) is 23.8 Å². The van der Waals surface area contributed by atoms with E-state index in [1.807, 2.05) is 19.9 Å². The topological polar surface area (TPSA) is 103 Å². The van der Waals surface area contributed by atoms with Gasteiger partial charge in [-0.2, -0.15) is 5.26 Å². The van der Waals surface area contributed by atoms with Gasteiger partial charge in [0.05, 0.1) is 29.3 Å². The zero-order valence-corrected chi connectivity index (χ0v) is 13.8. The van der Waals surface area contributed by atoms with Crippen LogP contribution in [0.3, 0.4) is 0 Å². The summed E-state index contributed by atoms with van der Waals surface area (Å²) in [5, 5.41) is 20.8. The van der Waals surface area contributed by atoms with Crippen LogP contribution in [-0.2, 0) is 4.79 Å². The van der Waals surface area contributed by atoms with Gasteiger partial charge in [-0.1, -0.05) is 0 Å². The van der Waals surface area contributed by atoms with Crippen LogP contribution >= 0.6 is 0 Å². The third-order valence-electron chi connectivity index (χ3n) is 3.84. The Labute approximate surface area is 140 Å². The fourth-order valence-electron chi connectivity index (χ4n) is 2.58. The maximum absolute atomic E-state index is 12.4. The lowest BCUT2D eigenvalue weighted by atomic mass is 9.97. The van der Waals surface area contributed by atoms with Gasteiger partial charge in [-0.05, 0) is 44.9 Å². The molecule has 0 bridgehead atoms. The van der Waals surface area contributed by atoms with E-state index in [4.69, 9.17) is 15.1 Å². The van der Waals surface area contributed by atoms with E-state index >= 15 is 0 Å². The quantitative estimate of drug-likeness (QED) is 0.883. The van der Waals surface area contributed by atoms with Gasteiger partial charge in [0.2, 0.25) is 0 Å². The van der Waals surface area contributed by atoms with Gasteiger partial charge < -0.3 is 20.1 Å². The zero-order chi connectivity index (χ0) is 17.7. The maximum atomic E-state index is 12.4. The number of urea groups is 1. The summed E-state index contributed by atoms with van der Waals surface area (Å²) in [5.41, 5.74) is 0.860. The number of rotatable bonds is 4. The molecule has 1 aromatic rings. The molecule has 2 N–H and O–H groups in total. The Morgan fingerprint density at radius 1 is 1.38 bits per heavy atom. The summed E-state index contributed by atoms with van der Waals surface area (Å²) in [7, 11) is 0. The van der Waals surface area contributed by atoms with Gasteiger partial charge in [0.15, 0.2) is 0 Å². The van der Waals surface area contributed by atoms with Crippen molar-refractivity contribution in [2.45, 2.75) is 32.8 Å². The third kappa shape index (κ3) is 4.38. The number of likely N-dealkylation sites (tertiary alicyclic amines) is 1. The molecule has 1 heterocycles. The van der Waals surface area contributed by atoms with Gasteiger partial charge >= 0.3 is 12.0 Å². The monoisotopic (exact) mass is 331 g/mol. The smallest absolute Gasteiger partial charge is 0.321 e. The number of carbonyl (C=O) groups is 2. The number of nitrogens with one attached hydrogen (secondary N) is 1. The van der Waals surface area contributed by atoms with Crippen LogP contribution < -0.4 is 10.1 Å². The van der Waals surface area contributed by atoms with E-state index in [1.54, 1.807) is 23.1 Å². The Balaban J connectivity index is 2.08. The second-order valence-electron chi connectivity index (χ2n) is 6.02. The lowest BCUT2D eigenvalue weighted by Gasteiger charge is -2.30. The maximum Gasteiger partial charge on any atom is 0.321 e. The molecule has 1 saturated heterocycles. The molecule has 0 saturated carbocycles. The molecule has 1 aliphatic heterocycles. The van der Waals surface area contributed by atoms with Crippen molar-refractivity contribution in [2.24, 2.45) is 5.92 Å². The van der Waals surface area contributed by atoms with Crippen LogP contribution in [0.25, 0.3) is 0 Å². The Morgan fingerprint density at radius 3 is 2.58 bits per heavy atom. The lowest BCUT2D eigenvalue weighted by molar-refractivity contribution is -0.143. The molecular formula is C17H21N3O4. The predicted molar refractivity (Wildman–Crippen MR) is 87.9 cm³/mol. The van der Waals surface area contributed by atoms with E-state index in [2.05, 4.69) is 5.32 Å². The number of aliphatic carboxylic acids is 1. The van der Waals surface area contributed by atoms with E-state index in [9.17, 15) is 9.59 Å². The van der Waals surface area contributed by atoms with Crippen LogP contribution in [0.5, 0.6) is 5.75 Å². The molecule has 7 heteroatoms. The van der Waals surface area contributed by atoms with Crippen LogP contribution in [-0.4, -0.2) is 41.2 Å². The molecule has 0 aliphatic carbocycles. The number of benzene rings is 1. The van der Waals surface area contributed by atoms with Crippen molar-refractivity contribution in [2.75, 3.05) is 18.4 Å². The number of nitriles is 1. The summed E-state index contributed by atoms with van der Waals surface area (Å²) in [5.74, 6) is -0.710. The molecule has 1 aromatic carbocycles. The molecule has 0 atom stereocenters. The predicted octanol–water partition coefficient (Wildman–Crippen LogP) is 2.67. The summed E-state index contributed by atoms with van der Waals surface area (Å²) in [6.45, 7) is 4.53. The number of amides is 2. The van der Waals surface area contributed by atoms with Crippen molar-refractivity contribution >= 4 is 17.7 Å². The second-order valence-corrected chi connectivity index (χ2v) is 6.02. The van der Waals surface area contributed by atoms with Crippen LogP contribution in [0.1, 0.15) is 32.3 Å². The highest BCUT2D eigenvalue weighted by Gasteiger charge is 2.27. The summed E-state index contributed by atoms with van der Waals surface area (Å²) < 4.78 is 5.66. The Kier molecular flexibility index (Phi) is 5.64. The molecule has 7 nitrogen and oxygen atoms in total. The van der Waals surface area contributed by atoms with Crippen molar-refractivity contribution in [3.63, 3.8) is 0 Å². The Morgan fingerprint density at radius 2 is 2.04 bits per heavy atom. The molecular weight excluding hydrogens is 310 g/mol. The average molecular weight is 331 g/mol. The fraction of sp³-hybridized carbons (Fsp3) is 0.471. The van der Waals surface area contributed by atoms with E-state index in [1.165, 1.54) is 0 Å². The van der Waals surface area contributed by atoms with Crippen molar-refractivity contribution in [1.29, 1.82) is 5.26 Å². The van der Waals surface area contributed by atoms with Gasteiger partial charge in [0.25, 0.3) is 0 Å². The van der Waals surface area contributed by atoms with Crippen LogP contribution in [0.15, 0.2) is 18.2 Å². The number of hydrogen-bond acceptors (Lipinski definition) is 4.